The molecular formula is C22H21Cl3N6O4S. The molecule has 0 aliphatic rings. The third kappa shape index (κ3) is 6.67. The molecule has 0 unspecified atom stereocenters. The summed E-state index contributed by atoms with van der Waals surface area (Å²) in [6, 6.07) is 7.92. The summed E-state index contributed by atoms with van der Waals surface area (Å²) in [4.78, 5) is 35.6. The lowest BCUT2D eigenvalue weighted by molar-refractivity contribution is -0.384. The summed E-state index contributed by atoms with van der Waals surface area (Å²) in [6.45, 7) is 3.86. The minimum atomic E-state index is -0.576. The zero-order valence-electron chi connectivity index (χ0n) is 19.3. The molecule has 0 aliphatic carbocycles. The van der Waals surface area contributed by atoms with Crippen molar-refractivity contribution in [3.63, 3.8) is 0 Å². The predicted octanol–water partition coefficient (Wildman–Crippen LogP) is 5.54. The van der Waals surface area contributed by atoms with E-state index >= 15 is 0 Å². The fraction of sp³-hybridized carbons (Fsp3) is 0.273. The lowest BCUT2D eigenvalue weighted by Gasteiger charge is -2.22. The summed E-state index contributed by atoms with van der Waals surface area (Å²) < 4.78 is 1.69. The molecule has 0 radical (unpaired) electrons. The molecule has 2 aromatic carbocycles. The van der Waals surface area contributed by atoms with Crippen LogP contribution >= 0.6 is 46.6 Å². The van der Waals surface area contributed by atoms with Crippen molar-refractivity contribution in [3.05, 3.63) is 73.0 Å². The average Bonchev–Trinajstić information content (AvgIpc) is 3.18. The standard InChI is InChI=1S/C22H21Cl3N6O4S/c1-11(2)19(27-21(33)12-4-6-14(23)16(25)8-12)20-28-29-22(30(20)3)36-10-18(32)26-17-9-13(31(34)35)5-7-15(17)24/h4-9,11,19H,10H2,1-3H3,(H,26,32)(H,27,33)/t19-/m0/s1. The van der Waals surface area contributed by atoms with Gasteiger partial charge in [-0.2, -0.15) is 0 Å². The summed E-state index contributed by atoms with van der Waals surface area (Å²) in [5.41, 5.74) is 0.297. The van der Waals surface area contributed by atoms with Crippen molar-refractivity contribution in [1.29, 1.82) is 0 Å². The fourth-order valence-electron chi connectivity index (χ4n) is 3.15. The zero-order chi connectivity index (χ0) is 26.6. The van der Waals surface area contributed by atoms with E-state index in [1.807, 2.05) is 13.8 Å². The third-order valence-corrected chi connectivity index (χ3v) is 7.14. The molecule has 36 heavy (non-hydrogen) atoms. The second kappa shape index (κ2) is 11.9. The molecule has 0 saturated heterocycles. The molecule has 10 nitrogen and oxygen atoms in total. The zero-order valence-corrected chi connectivity index (χ0v) is 22.4. The molecule has 14 heteroatoms. The molecule has 0 aliphatic heterocycles. The predicted molar refractivity (Wildman–Crippen MR) is 140 cm³/mol. The monoisotopic (exact) mass is 570 g/mol. The summed E-state index contributed by atoms with van der Waals surface area (Å²) in [5, 5.41) is 26.1. The van der Waals surface area contributed by atoms with Gasteiger partial charge in [-0.05, 0) is 30.2 Å². The van der Waals surface area contributed by atoms with E-state index in [0.717, 1.165) is 11.8 Å². The minimum absolute atomic E-state index is 0.0308. The number of amides is 2. The quantitative estimate of drug-likeness (QED) is 0.196. The number of nitrogens with one attached hydrogen (secondary N) is 2. The molecule has 0 saturated carbocycles. The van der Waals surface area contributed by atoms with Gasteiger partial charge in [-0.25, -0.2) is 0 Å². The number of rotatable bonds is 9. The molecule has 1 aromatic heterocycles. The number of benzene rings is 2. The largest absolute Gasteiger partial charge is 0.342 e. The van der Waals surface area contributed by atoms with E-state index in [9.17, 15) is 19.7 Å². The van der Waals surface area contributed by atoms with Crippen molar-refractivity contribution in [2.45, 2.75) is 25.0 Å². The Balaban J connectivity index is 1.69. The number of aromatic nitrogens is 3. The Kier molecular flexibility index (Phi) is 9.18. The van der Waals surface area contributed by atoms with Crippen molar-refractivity contribution in [1.82, 2.24) is 20.1 Å². The average molecular weight is 572 g/mol. The highest BCUT2D eigenvalue weighted by molar-refractivity contribution is 7.99. The minimum Gasteiger partial charge on any atom is -0.342 e. The Morgan fingerprint density at radius 1 is 1.08 bits per heavy atom. The normalized spacial score (nSPS) is 11.9. The van der Waals surface area contributed by atoms with Crippen LogP contribution in [0.5, 0.6) is 0 Å². The van der Waals surface area contributed by atoms with E-state index in [1.165, 1.54) is 24.3 Å². The molecule has 0 fully saturated rings. The molecular weight excluding hydrogens is 551 g/mol. The molecule has 3 rings (SSSR count). The van der Waals surface area contributed by atoms with Gasteiger partial charge in [-0.15, -0.1) is 10.2 Å². The lowest BCUT2D eigenvalue weighted by Crippen LogP contribution is -2.33. The van der Waals surface area contributed by atoms with Gasteiger partial charge in [0, 0.05) is 24.7 Å². The van der Waals surface area contributed by atoms with Crippen LogP contribution < -0.4 is 10.6 Å². The smallest absolute Gasteiger partial charge is 0.271 e. The highest BCUT2D eigenvalue weighted by Crippen LogP contribution is 2.28. The van der Waals surface area contributed by atoms with Crippen LogP contribution in [0.1, 0.15) is 36.1 Å². The number of carbonyl (C=O) groups excluding carboxylic acids is 2. The number of nitrogens with zero attached hydrogens (tertiary/aromatic N) is 4. The molecule has 2 N–H and O–H groups in total. The Bertz CT molecular complexity index is 1320. The van der Waals surface area contributed by atoms with Crippen molar-refractivity contribution in [3.8, 4) is 0 Å². The summed E-state index contributed by atoms with van der Waals surface area (Å²) in [5.74, 6) is -0.356. The van der Waals surface area contributed by atoms with Crippen LogP contribution in [0.25, 0.3) is 0 Å². The topological polar surface area (TPSA) is 132 Å². The maximum absolute atomic E-state index is 12.8. The van der Waals surface area contributed by atoms with Crippen LogP contribution in [0.4, 0.5) is 11.4 Å². The van der Waals surface area contributed by atoms with Gasteiger partial charge in [0.05, 0.1) is 37.5 Å². The van der Waals surface area contributed by atoms with E-state index in [4.69, 9.17) is 34.8 Å². The number of hydrogen-bond donors (Lipinski definition) is 2. The molecule has 1 atom stereocenters. The first-order valence-corrected chi connectivity index (χ1v) is 12.6. The number of thioether (sulfide) groups is 1. The molecule has 0 spiro atoms. The van der Waals surface area contributed by atoms with E-state index in [1.54, 1.807) is 23.7 Å². The highest BCUT2D eigenvalue weighted by atomic mass is 35.5. The molecule has 0 bridgehead atoms. The lowest BCUT2D eigenvalue weighted by atomic mass is 10.0. The number of non-ortho nitro benzene ring substituents is 1. The van der Waals surface area contributed by atoms with Crippen molar-refractivity contribution in [2.24, 2.45) is 13.0 Å². The van der Waals surface area contributed by atoms with Gasteiger partial charge in [0.2, 0.25) is 5.91 Å². The summed E-state index contributed by atoms with van der Waals surface area (Å²) in [7, 11) is 1.73. The molecule has 1 heterocycles. The Labute approximate surface area is 225 Å². The summed E-state index contributed by atoms with van der Waals surface area (Å²) in [6.07, 6.45) is 0. The van der Waals surface area contributed by atoms with Gasteiger partial charge in [0.1, 0.15) is 0 Å². The summed E-state index contributed by atoms with van der Waals surface area (Å²) >= 11 is 19.1. The fourth-order valence-corrected chi connectivity index (χ4v) is 4.33. The second-order valence-electron chi connectivity index (χ2n) is 7.98. The van der Waals surface area contributed by atoms with Crippen molar-refractivity contribution >= 4 is 69.8 Å². The third-order valence-electron chi connectivity index (χ3n) is 5.05. The highest BCUT2D eigenvalue weighted by Gasteiger charge is 2.26. The van der Waals surface area contributed by atoms with Gasteiger partial charge in [-0.1, -0.05) is 60.4 Å². The second-order valence-corrected chi connectivity index (χ2v) is 10.1. The maximum atomic E-state index is 12.8. The van der Waals surface area contributed by atoms with Crippen LogP contribution in [0.2, 0.25) is 15.1 Å². The first-order chi connectivity index (χ1) is 17.0. The number of hydrogen-bond acceptors (Lipinski definition) is 7. The van der Waals surface area contributed by atoms with Gasteiger partial charge in [0.25, 0.3) is 11.6 Å². The number of carbonyl (C=O) groups is 2. The van der Waals surface area contributed by atoms with Crippen LogP contribution in [-0.4, -0.2) is 37.3 Å². The number of anilines is 1. The van der Waals surface area contributed by atoms with Gasteiger partial charge >= 0.3 is 0 Å². The van der Waals surface area contributed by atoms with E-state index < -0.39 is 16.9 Å². The first kappa shape index (κ1) is 27.7. The first-order valence-electron chi connectivity index (χ1n) is 10.5. The van der Waals surface area contributed by atoms with E-state index in [2.05, 4.69) is 20.8 Å². The van der Waals surface area contributed by atoms with Crippen molar-refractivity contribution in [2.75, 3.05) is 11.1 Å². The number of nitro benzene ring substituents is 1. The molecule has 190 valence electrons. The van der Waals surface area contributed by atoms with Gasteiger partial charge < -0.3 is 15.2 Å². The molecule has 2 amide bonds. The van der Waals surface area contributed by atoms with Gasteiger partial charge in [-0.3, -0.25) is 19.7 Å². The Morgan fingerprint density at radius 3 is 2.42 bits per heavy atom. The van der Waals surface area contributed by atoms with Gasteiger partial charge in [0.15, 0.2) is 11.0 Å². The number of halogens is 3. The Morgan fingerprint density at radius 2 is 1.78 bits per heavy atom. The van der Waals surface area contributed by atoms with E-state index in [0.29, 0.717) is 21.6 Å². The molecule has 3 aromatic rings. The number of nitro groups is 1. The van der Waals surface area contributed by atoms with Crippen LogP contribution in [0, 0.1) is 16.0 Å². The SMILES string of the molecule is CC(C)[C@H](NC(=O)c1ccc(Cl)c(Cl)c1)c1nnc(SCC(=O)Nc2cc([N+](=O)[O-])ccc2Cl)n1C. The maximum Gasteiger partial charge on any atom is 0.271 e. The van der Waals surface area contributed by atoms with Crippen LogP contribution in [0.15, 0.2) is 41.6 Å². The van der Waals surface area contributed by atoms with Crippen LogP contribution in [0.3, 0.4) is 0 Å². The Hall–Kier alpha value is -2.86. The van der Waals surface area contributed by atoms with E-state index in [-0.39, 0.29) is 39.0 Å². The van der Waals surface area contributed by atoms with Crippen LogP contribution in [-0.2, 0) is 11.8 Å². The van der Waals surface area contributed by atoms with Crippen molar-refractivity contribution < 1.29 is 14.5 Å².